The van der Waals surface area contributed by atoms with Gasteiger partial charge in [0, 0.05) is 11.6 Å². The predicted octanol–water partition coefficient (Wildman–Crippen LogP) is 1.66. The third kappa shape index (κ3) is 3.38. The third-order valence-electron chi connectivity index (χ3n) is 2.12. The summed E-state index contributed by atoms with van der Waals surface area (Å²) in [6.45, 7) is 4.24. The molecule has 0 bridgehead atoms. The van der Waals surface area contributed by atoms with Gasteiger partial charge in [-0.1, -0.05) is 11.6 Å². The van der Waals surface area contributed by atoms with Crippen LogP contribution < -0.4 is 10.5 Å². The predicted molar refractivity (Wildman–Crippen MR) is 61.5 cm³/mol. The Hall–Kier alpha value is -0.770. The summed E-state index contributed by atoms with van der Waals surface area (Å²) in [6.07, 6.45) is -0.624. The number of aliphatic hydroxyl groups is 1. The van der Waals surface area contributed by atoms with Crippen molar-refractivity contribution in [1.29, 1.82) is 0 Å². The average molecular weight is 230 g/mol. The molecule has 15 heavy (non-hydrogen) atoms. The van der Waals surface area contributed by atoms with Crippen molar-refractivity contribution in [1.82, 2.24) is 0 Å². The van der Waals surface area contributed by atoms with Gasteiger partial charge in [0.1, 0.15) is 18.5 Å². The Kier molecular flexibility index (Phi) is 4.39. The van der Waals surface area contributed by atoms with Gasteiger partial charge >= 0.3 is 0 Å². The van der Waals surface area contributed by atoms with E-state index in [0.29, 0.717) is 5.75 Å². The van der Waals surface area contributed by atoms with Crippen molar-refractivity contribution >= 4 is 11.6 Å². The highest BCUT2D eigenvalue weighted by molar-refractivity contribution is 6.32. The molecule has 0 aromatic heterocycles. The lowest BCUT2D eigenvalue weighted by atomic mass is 10.1. The van der Waals surface area contributed by atoms with Crippen molar-refractivity contribution in [2.24, 2.45) is 5.73 Å². The van der Waals surface area contributed by atoms with Gasteiger partial charge in [-0.15, -0.1) is 0 Å². The van der Waals surface area contributed by atoms with E-state index in [0.717, 1.165) is 16.1 Å². The van der Waals surface area contributed by atoms with Crippen LogP contribution in [0.5, 0.6) is 5.75 Å². The maximum atomic E-state index is 9.24. The average Bonchev–Trinajstić information content (AvgIpc) is 2.22. The maximum absolute atomic E-state index is 9.24. The maximum Gasteiger partial charge on any atom is 0.120 e. The Morgan fingerprint density at radius 3 is 2.40 bits per heavy atom. The molecule has 0 unspecified atom stereocenters. The third-order valence-corrected chi connectivity index (χ3v) is 2.72. The highest BCUT2D eigenvalue weighted by Gasteiger charge is 2.06. The Balaban J connectivity index is 2.70. The molecule has 0 heterocycles. The van der Waals surface area contributed by atoms with Crippen LogP contribution in [0.15, 0.2) is 12.1 Å². The topological polar surface area (TPSA) is 55.5 Å². The SMILES string of the molecule is Cc1cc(OC[C@H](O)CN)cc(C)c1Cl. The Morgan fingerprint density at radius 1 is 1.40 bits per heavy atom. The number of benzene rings is 1. The molecule has 1 aromatic rings. The fourth-order valence-electron chi connectivity index (χ4n) is 1.25. The van der Waals surface area contributed by atoms with Crippen molar-refractivity contribution in [2.75, 3.05) is 13.2 Å². The first kappa shape index (κ1) is 12.3. The Labute approximate surface area is 94.8 Å². The quantitative estimate of drug-likeness (QED) is 0.826. The molecule has 0 aliphatic heterocycles. The zero-order valence-electron chi connectivity index (χ0n) is 8.96. The van der Waals surface area contributed by atoms with Crippen LogP contribution in [0, 0.1) is 13.8 Å². The largest absolute Gasteiger partial charge is 0.491 e. The summed E-state index contributed by atoms with van der Waals surface area (Å²) in [7, 11) is 0. The van der Waals surface area contributed by atoms with Gasteiger partial charge in [0.2, 0.25) is 0 Å². The minimum absolute atomic E-state index is 0.200. The summed E-state index contributed by atoms with van der Waals surface area (Å²) in [5.41, 5.74) is 7.20. The first-order valence-corrected chi connectivity index (χ1v) is 5.20. The van der Waals surface area contributed by atoms with Gasteiger partial charge in [0.05, 0.1) is 0 Å². The number of hydrogen-bond acceptors (Lipinski definition) is 3. The number of halogens is 1. The summed E-state index contributed by atoms with van der Waals surface area (Å²) < 4.78 is 5.39. The molecule has 0 amide bonds. The van der Waals surface area contributed by atoms with Crippen LogP contribution in [-0.4, -0.2) is 24.4 Å². The van der Waals surface area contributed by atoms with E-state index >= 15 is 0 Å². The van der Waals surface area contributed by atoms with E-state index in [1.807, 2.05) is 26.0 Å². The molecule has 0 spiro atoms. The molecule has 3 nitrogen and oxygen atoms in total. The van der Waals surface area contributed by atoms with Crippen molar-refractivity contribution in [3.05, 3.63) is 28.3 Å². The lowest BCUT2D eigenvalue weighted by Gasteiger charge is -2.12. The van der Waals surface area contributed by atoms with E-state index in [9.17, 15) is 5.11 Å². The van der Waals surface area contributed by atoms with Gasteiger partial charge < -0.3 is 15.6 Å². The number of aryl methyl sites for hydroxylation is 2. The standard InChI is InChI=1S/C11H16ClNO2/c1-7-3-10(4-8(2)11(7)12)15-6-9(14)5-13/h3-4,9,14H,5-6,13H2,1-2H3/t9-/m1/s1. The fourth-order valence-corrected chi connectivity index (χ4v) is 1.36. The van der Waals surface area contributed by atoms with Crippen molar-refractivity contribution in [3.8, 4) is 5.75 Å². The first-order valence-electron chi connectivity index (χ1n) is 4.82. The fraction of sp³-hybridized carbons (Fsp3) is 0.455. The van der Waals surface area contributed by atoms with Crippen LogP contribution in [0.4, 0.5) is 0 Å². The molecule has 4 heteroatoms. The second-order valence-corrected chi connectivity index (χ2v) is 3.95. The summed E-state index contributed by atoms with van der Waals surface area (Å²) in [5.74, 6) is 0.710. The van der Waals surface area contributed by atoms with Gasteiger partial charge in [-0.25, -0.2) is 0 Å². The normalized spacial score (nSPS) is 12.6. The van der Waals surface area contributed by atoms with Crippen LogP contribution in [0.3, 0.4) is 0 Å². The minimum Gasteiger partial charge on any atom is -0.491 e. The van der Waals surface area contributed by atoms with E-state index in [-0.39, 0.29) is 13.2 Å². The van der Waals surface area contributed by atoms with Crippen LogP contribution in [0.2, 0.25) is 5.02 Å². The van der Waals surface area contributed by atoms with Crippen LogP contribution >= 0.6 is 11.6 Å². The monoisotopic (exact) mass is 229 g/mol. The second kappa shape index (κ2) is 5.35. The summed E-state index contributed by atoms with van der Waals surface area (Å²) >= 11 is 6.01. The van der Waals surface area contributed by atoms with Crippen LogP contribution in [0.25, 0.3) is 0 Å². The summed E-state index contributed by atoms with van der Waals surface area (Å²) in [4.78, 5) is 0. The molecule has 84 valence electrons. The number of aliphatic hydroxyl groups excluding tert-OH is 1. The molecule has 1 rings (SSSR count). The molecule has 0 fully saturated rings. The molecular weight excluding hydrogens is 214 g/mol. The molecule has 3 N–H and O–H groups in total. The summed E-state index contributed by atoms with van der Waals surface area (Å²) in [6, 6.07) is 3.69. The van der Waals surface area contributed by atoms with Gasteiger partial charge in [-0.2, -0.15) is 0 Å². The molecule has 0 aliphatic carbocycles. The highest BCUT2D eigenvalue weighted by atomic mass is 35.5. The lowest BCUT2D eigenvalue weighted by molar-refractivity contribution is 0.114. The lowest BCUT2D eigenvalue weighted by Crippen LogP contribution is -2.26. The van der Waals surface area contributed by atoms with Crippen LogP contribution in [-0.2, 0) is 0 Å². The van der Waals surface area contributed by atoms with Gasteiger partial charge in [-0.3, -0.25) is 0 Å². The summed E-state index contributed by atoms with van der Waals surface area (Å²) in [5, 5.41) is 9.99. The second-order valence-electron chi connectivity index (χ2n) is 3.57. The molecule has 0 saturated carbocycles. The van der Waals surface area contributed by atoms with E-state index in [1.54, 1.807) is 0 Å². The number of hydrogen-bond donors (Lipinski definition) is 2. The number of ether oxygens (including phenoxy) is 1. The Bertz CT molecular complexity index is 318. The molecular formula is C11H16ClNO2. The van der Waals surface area contributed by atoms with Crippen LogP contribution in [0.1, 0.15) is 11.1 Å². The van der Waals surface area contributed by atoms with Gasteiger partial charge in [-0.05, 0) is 37.1 Å². The van der Waals surface area contributed by atoms with Gasteiger partial charge in [0.15, 0.2) is 0 Å². The minimum atomic E-state index is -0.624. The van der Waals surface area contributed by atoms with Crippen molar-refractivity contribution in [2.45, 2.75) is 20.0 Å². The molecule has 0 radical (unpaired) electrons. The van der Waals surface area contributed by atoms with Gasteiger partial charge in [0.25, 0.3) is 0 Å². The Morgan fingerprint density at radius 2 is 1.93 bits per heavy atom. The zero-order valence-corrected chi connectivity index (χ0v) is 9.71. The number of nitrogens with two attached hydrogens (primary N) is 1. The van der Waals surface area contributed by atoms with E-state index < -0.39 is 6.10 Å². The molecule has 1 aromatic carbocycles. The highest BCUT2D eigenvalue weighted by Crippen LogP contribution is 2.25. The van der Waals surface area contributed by atoms with E-state index in [4.69, 9.17) is 22.1 Å². The van der Waals surface area contributed by atoms with Crippen molar-refractivity contribution in [3.63, 3.8) is 0 Å². The van der Waals surface area contributed by atoms with E-state index in [1.165, 1.54) is 0 Å². The zero-order chi connectivity index (χ0) is 11.4. The number of rotatable bonds is 4. The van der Waals surface area contributed by atoms with E-state index in [2.05, 4.69) is 0 Å². The smallest absolute Gasteiger partial charge is 0.120 e. The molecule has 0 aliphatic rings. The first-order chi connectivity index (χ1) is 7.04. The molecule has 1 atom stereocenters. The van der Waals surface area contributed by atoms with Crippen molar-refractivity contribution < 1.29 is 9.84 Å². The molecule has 0 saturated heterocycles.